The van der Waals surface area contributed by atoms with Crippen molar-refractivity contribution in [1.82, 2.24) is 15.2 Å². The van der Waals surface area contributed by atoms with Crippen LogP contribution in [0, 0.1) is 6.92 Å². The zero-order valence-electron chi connectivity index (χ0n) is 13.6. The van der Waals surface area contributed by atoms with Crippen molar-refractivity contribution in [2.75, 3.05) is 0 Å². The van der Waals surface area contributed by atoms with E-state index in [1.54, 1.807) is 31.2 Å². The molecule has 0 atom stereocenters. The molecule has 0 aliphatic heterocycles. The Bertz CT molecular complexity index is 999. The lowest BCUT2D eigenvalue weighted by Gasteiger charge is -2.05. The number of aromatic nitrogens is 2. The van der Waals surface area contributed by atoms with Crippen molar-refractivity contribution in [1.29, 1.82) is 0 Å². The van der Waals surface area contributed by atoms with Crippen LogP contribution in [0.3, 0.4) is 0 Å². The lowest BCUT2D eigenvalue weighted by molar-refractivity contribution is 0.0954. The minimum atomic E-state index is -0.454. The largest absolute Gasteiger partial charge is 0.508 e. The average molecular weight is 389 g/mol. The molecule has 0 saturated carbocycles. The summed E-state index contributed by atoms with van der Waals surface area (Å²) in [6, 6.07) is 13.2. The Hall–Kier alpha value is -2.83. The van der Waals surface area contributed by atoms with Gasteiger partial charge in [-0.15, -0.1) is 0 Å². The van der Waals surface area contributed by atoms with Gasteiger partial charge in [0.15, 0.2) is 0 Å². The summed E-state index contributed by atoms with van der Waals surface area (Å²) in [6.07, 6.45) is 1.42. The van der Waals surface area contributed by atoms with Crippen LogP contribution in [-0.4, -0.2) is 27.0 Å². The molecular weight excluding hydrogens is 375 g/mol. The van der Waals surface area contributed by atoms with Crippen LogP contribution in [0.1, 0.15) is 21.6 Å². The van der Waals surface area contributed by atoms with Crippen molar-refractivity contribution >= 4 is 35.3 Å². The number of phenolic OH excluding ortho intramolecular Hbond substituents is 1. The number of hydrazone groups is 1. The third-order valence-electron chi connectivity index (χ3n) is 3.60. The van der Waals surface area contributed by atoms with E-state index < -0.39 is 5.91 Å². The summed E-state index contributed by atoms with van der Waals surface area (Å²) in [6.45, 7) is 1.78. The fourth-order valence-corrected chi connectivity index (χ4v) is 2.84. The maximum atomic E-state index is 12.0. The van der Waals surface area contributed by atoms with E-state index in [1.165, 1.54) is 23.0 Å². The van der Waals surface area contributed by atoms with Crippen molar-refractivity contribution < 1.29 is 9.90 Å². The predicted molar refractivity (Wildman–Crippen MR) is 101 cm³/mol. The summed E-state index contributed by atoms with van der Waals surface area (Å²) in [5.41, 5.74) is 4.51. The summed E-state index contributed by atoms with van der Waals surface area (Å²) in [5, 5.41) is 18.5. The van der Waals surface area contributed by atoms with E-state index in [0.29, 0.717) is 27.1 Å². The van der Waals surface area contributed by atoms with Crippen LogP contribution in [0.5, 0.6) is 5.75 Å². The minimum Gasteiger partial charge on any atom is -0.508 e. The second-order valence-electron chi connectivity index (χ2n) is 5.40. The van der Waals surface area contributed by atoms with Gasteiger partial charge in [0.1, 0.15) is 10.9 Å². The number of amides is 1. The van der Waals surface area contributed by atoms with E-state index in [1.807, 2.05) is 12.1 Å². The topological polar surface area (TPSA) is 79.5 Å². The van der Waals surface area contributed by atoms with Crippen LogP contribution in [0.25, 0.3) is 5.69 Å². The third kappa shape index (κ3) is 3.71. The molecule has 2 aromatic carbocycles. The third-order valence-corrected chi connectivity index (χ3v) is 4.28. The number of phenols is 1. The first kappa shape index (κ1) is 18.0. The minimum absolute atomic E-state index is 0.00142. The summed E-state index contributed by atoms with van der Waals surface area (Å²) in [7, 11) is 0. The van der Waals surface area contributed by atoms with E-state index in [0.717, 1.165) is 0 Å². The highest BCUT2D eigenvalue weighted by Crippen LogP contribution is 2.26. The highest BCUT2D eigenvalue weighted by atomic mass is 35.5. The molecular formula is C18H14Cl2N4O2. The van der Waals surface area contributed by atoms with Crippen LogP contribution in [0.15, 0.2) is 53.6 Å². The molecule has 0 saturated heterocycles. The van der Waals surface area contributed by atoms with Crippen LogP contribution in [-0.2, 0) is 0 Å². The van der Waals surface area contributed by atoms with Gasteiger partial charge in [-0.25, -0.2) is 10.1 Å². The number of aromatic hydroxyl groups is 1. The van der Waals surface area contributed by atoms with Crippen molar-refractivity contribution in [3.8, 4) is 11.4 Å². The lowest BCUT2D eigenvalue weighted by atomic mass is 10.2. The fourth-order valence-electron chi connectivity index (χ4n) is 2.31. The molecule has 8 heteroatoms. The fraction of sp³-hybridized carbons (Fsp3) is 0.0556. The SMILES string of the molecule is Cc1nn(-c2ccccc2Cl)c(Cl)c1/C=N\NC(=O)c1cccc(O)c1. The summed E-state index contributed by atoms with van der Waals surface area (Å²) < 4.78 is 1.51. The first-order valence-electron chi connectivity index (χ1n) is 7.60. The molecule has 6 nitrogen and oxygen atoms in total. The molecule has 1 amide bonds. The van der Waals surface area contributed by atoms with Gasteiger partial charge in [0.05, 0.1) is 28.2 Å². The van der Waals surface area contributed by atoms with E-state index in [4.69, 9.17) is 23.2 Å². The Morgan fingerprint density at radius 3 is 2.73 bits per heavy atom. The quantitative estimate of drug-likeness (QED) is 0.524. The number of hydrogen-bond donors (Lipinski definition) is 2. The van der Waals surface area contributed by atoms with Gasteiger partial charge in [0, 0.05) is 5.56 Å². The maximum Gasteiger partial charge on any atom is 0.271 e. The molecule has 2 N–H and O–H groups in total. The lowest BCUT2D eigenvalue weighted by Crippen LogP contribution is -2.17. The van der Waals surface area contributed by atoms with Crippen LogP contribution in [0.4, 0.5) is 0 Å². The average Bonchev–Trinajstić information content (AvgIpc) is 2.90. The van der Waals surface area contributed by atoms with Crippen molar-refractivity contribution in [3.05, 3.63) is 75.5 Å². The molecule has 0 bridgehead atoms. The number of rotatable bonds is 4. The number of nitrogens with zero attached hydrogens (tertiary/aromatic N) is 3. The Kier molecular flexibility index (Phi) is 5.25. The van der Waals surface area contributed by atoms with Gasteiger partial charge in [-0.05, 0) is 37.3 Å². The monoisotopic (exact) mass is 388 g/mol. The standard InChI is InChI=1S/C18H14Cl2N4O2/c1-11-14(10-21-22-18(26)12-5-4-6-13(25)9-12)17(20)24(23-11)16-8-3-2-7-15(16)19/h2-10,25H,1H3,(H,22,26)/b21-10-. The van der Waals surface area contributed by atoms with E-state index in [9.17, 15) is 9.90 Å². The number of benzene rings is 2. The number of aryl methyl sites for hydroxylation is 1. The Labute approximate surface area is 159 Å². The normalized spacial score (nSPS) is 11.0. The summed E-state index contributed by atoms with van der Waals surface area (Å²) in [4.78, 5) is 12.0. The smallest absolute Gasteiger partial charge is 0.271 e. The molecule has 0 radical (unpaired) electrons. The zero-order valence-corrected chi connectivity index (χ0v) is 15.2. The van der Waals surface area contributed by atoms with Gasteiger partial charge < -0.3 is 5.11 Å². The van der Waals surface area contributed by atoms with Crippen LogP contribution in [0.2, 0.25) is 10.2 Å². The van der Waals surface area contributed by atoms with Gasteiger partial charge in [0.2, 0.25) is 0 Å². The molecule has 0 aliphatic carbocycles. The van der Waals surface area contributed by atoms with Crippen molar-refractivity contribution in [2.45, 2.75) is 6.92 Å². The van der Waals surface area contributed by atoms with E-state index >= 15 is 0 Å². The van der Waals surface area contributed by atoms with Gasteiger partial charge >= 0.3 is 0 Å². The summed E-state index contributed by atoms with van der Waals surface area (Å²) in [5.74, 6) is -0.453. The number of hydrogen-bond acceptors (Lipinski definition) is 4. The maximum absolute atomic E-state index is 12.0. The second-order valence-corrected chi connectivity index (χ2v) is 6.17. The van der Waals surface area contributed by atoms with Crippen LogP contribution < -0.4 is 5.43 Å². The van der Waals surface area contributed by atoms with Crippen molar-refractivity contribution in [2.24, 2.45) is 5.10 Å². The second kappa shape index (κ2) is 7.59. The molecule has 0 spiro atoms. The zero-order chi connectivity index (χ0) is 18.7. The highest BCUT2D eigenvalue weighted by Gasteiger charge is 2.15. The molecule has 1 aromatic heterocycles. The number of carbonyl (C=O) groups is 1. The Balaban J connectivity index is 1.81. The van der Waals surface area contributed by atoms with E-state index in [-0.39, 0.29) is 11.3 Å². The number of carbonyl (C=O) groups excluding carboxylic acids is 1. The van der Waals surface area contributed by atoms with Crippen LogP contribution >= 0.6 is 23.2 Å². The molecule has 26 heavy (non-hydrogen) atoms. The van der Waals surface area contributed by atoms with Gasteiger partial charge in [-0.3, -0.25) is 4.79 Å². The predicted octanol–water partition coefficient (Wildman–Crippen LogP) is 3.96. The van der Waals surface area contributed by atoms with Crippen molar-refractivity contribution in [3.63, 3.8) is 0 Å². The van der Waals surface area contributed by atoms with Gasteiger partial charge in [-0.1, -0.05) is 41.4 Å². The number of nitrogens with one attached hydrogen (secondary N) is 1. The highest BCUT2D eigenvalue weighted by molar-refractivity contribution is 6.34. The molecule has 3 rings (SSSR count). The molecule has 3 aromatic rings. The molecule has 1 heterocycles. The molecule has 0 unspecified atom stereocenters. The van der Waals surface area contributed by atoms with E-state index in [2.05, 4.69) is 15.6 Å². The molecule has 0 fully saturated rings. The first-order chi connectivity index (χ1) is 12.5. The Morgan fingerprint density at radius 2 is 2.00 bits per heavy atom. The van der Waals surface area contributed by atoms with Gasteiger partial charge in [-0.2, -0.15) is 10.2 Å². The summed E-state index contributed by atoms with van der Waals surface area (Å²) >= 11 is 12.6. The molecule has 0 aliphatic rings. The first-order valence-corrected chi connectivity index (χ1v) is 8.35. The van der Waals surface area contributed by atoms with Gasteiger partial charge in [0.25, 0.3) is 5.91 Å². The number of halogens is 2. The number of para-hydroxylation sites is 1. The Morgan fingerprint density at radius 1 is 1.23 bits per heavy atom. The molecule has 132 valence electrons.